The number of hydrogen-bond acceptors (Lipinski definition) is 4. The highest BCUT2D eigenvalue weighted by Crippen LogP contribution is 2.33. The third-order valence-corrected chi connectivity index (χ3v) is 4.93. The molecule has 27 heavy (non-hydrogen) atoms. The van der Waals surface area contributed by atoms with Crippen LogP contribution < -0.4 is 9.80 Å². The number of piperazine rings is 1. The highest BCUT2D eigenvalue weighted by Gasteiger charge is 2.36. The Kier molecular flexibility index (Phi) is 4.55. The van der Waals surface area contributed by atoms with Crippen LogP contribution in [0.4, 0.5) is 24.7 Å². The van der Waals surface area contributed by atoms with Crippen molar-refractivity contribution in [3.05, 3.63) is 59.4 Å². The minimum Gasteiger partial charge on any atom is -0.367 e. The normalized spacial score (nSPS) is 15.4. The van der Waals surface area contributed by atoms with Gasteiger partial charge in [-0.2, -0.15) is 13.2 Å². The zero-order chi connectivity index (χ0) is 19.0. The molecule has 2 heterocycles. The van der Waals surface area contributed by atoms with Crippen molar-refractivity contribution in [2.75, 3.05) is 36.0 Å². The van der Waals surface area contributed by atoms with Gasteiger partial charge < -0.3 is 9.80 Å². The maximum absolute atomic E-state index is 13.2. The van der Waals surface area contributed by atoms with E-state index in [0.29, 0.717) is 47.9 Å². The van der Waals surface area contributed by atoms with Gasteiger partial charge in [0.2, 0.25) is 5.82 Å². The molecule has 0 unspecified atom stereocenters. The van der Waals surface area contributed by atoms with Crippen LogP contribution in [0.5, 0.6) is 0 Å². The summed E-state index contributed by atoms with van der Waals surface area (Å²) in [4.78, 5) is 11.6. The largest absolute Gasteiger partial charge is 0.451 e. The number of aromatic nitrogens is 2. The highest BCUT2D eigenvalue weighted by atomic mass is 35.5. The SMILES string of the molecule is FC(F)(F)c1nc(N2CCN(c3ccccc3Cl)CC2)c2ccccc2n1. The molecule has 0 amide bonds. The number of benzene rings is 2. The Balaban J connectivity index is 1.65. The number of nitrogens with zero attached hydrogens (tertiary/aromatic N) is 4. The fourth-order valence-corrected chi connectivity index (χ4v) is 3.55. The molecule has 1 aliphatic rings. The van der Waals surface area contributed by atoms with Crippen LogP contribution in [0.3, 0.4) is 0 Å². The van der Waals surface area contributed by atoms with Crippen LogP contribution in [0.1, 0.15) is 5.82 Å². The molecule has 0 atom stereocenters. The topological polar surface area (TPSA) is 32.3 Å². The van der Waals surface area contributed by atoms with Gasteiger partial charge in [0.05, 0.1) is 16.2 Å². The van der Waals surface area contributed by atoms with Gasteiger partial charge in [0.25, 0.3) is 0 Å². The molecular weight excluding hydrogens is 377 g/mol. The number of rotatable bonds is 2. The van der Waals surface area contributed by atoms with E-state index >= 15 is 0 Å². The molecule has 8 heteroatoms. The second-order valence-electron chi connectivity index (χ2n) is 6.31. The first-order chi connectivity index (χ1) is 12.9. The fraction of sp³-hybridized carbons (Fsp3) is 0.263. The first-order valence-electron chi connectivity index (χ1n) is 8.52. The molecule has 140 valence electrons. The van der Waals surface area contributed by atoms with Gasteiger partial charge in [0.15, 0.2) is 0 Å². The Hall–Kier alpha value is -2.54. The number of anilines is 2. The van der Waals surface area contributed by atoms with E-state index in [2.05, 4.69) is 14.9 Å². The molecule has 4 rings (SSSR count). The van der Waals surface area contributed by atoms with Crippen molar-refractivity contribution < 1.29 is 13.2 Å². The van der Waals surface area contributed by atoms with Crippen LogP contribution in [0.2, 0.25) is 5.02 Å². The fourth-order valence-electron chi connectivity index (χ4n) is 3.30. The lowest BCUT2D eigenvalue weighted by atomic mass is 10.2. The van der Waals surface area contributed by atoms with Crippen molar-refractivity contribution in [3.8, 4) is 0 Å². The van der Waals surface area contributed by atoms with Crippen molar-refractivity contribution in [1.82, 2.24) is 9.97 Å². The molecule has 3 aromatic rings. The second kappa shape index (κ2) is 6.88. The smallest absolute Gasteiger partial charge is 0.367 e. The number of para-hydroxylation sites is 2. The Morgan fingerprint density at radius 1 is 0.815 bits per heavy atom. The summed E-state index contributed by atoms with van der Waals surface area (Å²) >= 11 is 6.26. The van der Waals surface area contributed by atoms with Gasteiger partial charge in [-0.15, -0.1) is 0 Å². The Bertz CT molecular complexity index is 969. The van der Waals surface area contributed by atoms with Crippen molar-refractivity contribution in [2.24, 2.45) is 0 Å². The van der Waals surface area contributed by atoms with Crippen LogP contribution in [0, 0.1) is 0 Å². The summed E-state index contributed by atoms with van der Waals surface area (Å²) in [5.41, 5.74) is 1.23. The quantitative estimate of drug-likeness (QED) is 0.636. The number of halogens is 4. The van der Waals surface area contributed by atoms with Crippen LogP contribution in [0.15, 0.2) is 48.5 Å². The average molecular weight is 393 g/mol. The van der Waals surface area contributed by atoms with E-state index < -0.39 is 12.0 Å². The van der Waals surface area contributed by atoms with Crippen LogP contribution in [-0.2, 0) is 6.18 Å². The third-order valence-electron chi connectivity index (χ3n) is 4.61. The first kappa shape index (κ1) is 17.9. The van der Waals surface area contributed by atoms with Gasteiger partial charge in [0.1, 0.15) is 5.82 Å². The molecule has 0 aliphatic carbocycles. The van der Waals surface area contributed by atoms with Crippen molar-refractivity contribution in [1.29, 1.82) is 0 Å². The minimum absolute atomic E-state index is 0.295. The molecule has 0 spiro atoms. The summed E-state index contributed by atoms with van der Waals surface area (Å²) < 4.78 is 39.7. The van der Waals surface area contributed by atoms with E-state index in [1.807, 2.05) is 29.2 Å². The Morgan fingerprint density at radius 2 is 1.44 bits per heavy atom. The van der Waals surface area contributed by atoms with E-state index in [1.165, 1.54) is 0 Å². The lowest BCUT2D eigenvalue weighted by molar-refractivity contribution is -0.144. The number of fused-ring (bicyclic) bond motifs is 1. The van der Waals surface area contributed by atoms with Crippen molar-refractivity contribution in [3.63, 3.8) is 0 Å². The van der Waals surface area contributed by atoms with E-state index in [9.17, 15) is 13.2 Å². The van der Waals surface area contributed by atoms with Gasteiger partial charge in [0, 0.05) is 31.6 Å². The summed E-state index contributed by atoms with van der Waals surface area (Å²) in [6.45, 7) is 2.37. The van der Waals surface area contributed by atoms with E-state index in [-0.39, 0.29) is 0 Å². The van der Waals surface area contributed by atoms with Gasteiger partial charge in [-0.3, -0.25) is 0 Å². The molecule has 1 aromatic heterocycles. The Labute approximate surface area is 159 Å². The molecule has 0 radical (unpaired) electrons. The predicted octanol–water partition coefficient (Wildman–Crippen LogP) is 4.63. The number of hydrogen-bond donors (Lipinski definition) is 0. The van der Waals surface area contributed by atoms with Gasteiger partial charge in [-0.25, -0.2) is 9.97 Å². The van der Waals surface area contributed by atoms with E-state index in [0.717, 1.165) is 5.69 Å². The van der Waals surface area contributed by atoms with Crippen LogP contribution >= 0.6 is 11.6 Å². The summed E-state index contributed by atoms with van der Waals surface area (Å²) in [6.07, 6.45) is -4.59. The van der Waals surface area contributed by atoms with E-state index in [1.54, 1.807) is 24.3 Å². The number of alkyl halides is 3. The lowest BCUT2D eigenvalue weighted by Crippen LogP contribution is -2.47. The van der Waals surface area contributed by atoms with Gasteiger partial charge in [-0.05, 0) is 24.3 Å². The Morgan fingerprint density at radius 3 is 2.15 bits per heavy atom. The molecule has 1 fully saturated rings. The summed E-state index contributed by atoms with van der Waals surface area (Å²) in [7, 11) is 0. The molecule has 2 aromatic carbocycles. The van der Waals surface area contributed by atoms with Crippen LogP contribution in [0.25, 0.3) is 10.9 Å². The standard InChI is InChI=1S/C19H16ClF3N4/c20-14-6-2-4-8-16(14)26-9-11-27(12-10-26)17-13-5-1-3-7-15(13)24-18(25-17)19(21,22)23/h1-8H,9-12H2. The lowest BCUT2D eigenvalue weighted by Gasteiger charge is -2.37. The van der Waals surface area contributed by atoms with Crippen molar-refractivity contribution >= 4 is 34.0 Å². The zero-order valence-corrected chi connectivity index (χ0v) is 15.0. The molecule has 1 saturated heterocycles. The molecule has 1 aliphatic heterocycles. The second-order valence-corrected chi connectivity index (χ2v) is 6.72. The highest BCUT2D eigenvalue weighted by molar-refractivity contribution is 6.33. The summed E-state index contributed by atoms with van der Waals surface area (Å²) in [5.74, 6) is -0.781. The zero-order valence-electron chi connectivity index (χ0n) is 14.2. The summed E-state index contributed by atoms with van der Waals surface area (Å²) in [5, 5.41) is 1.29. The molecule has 0 saturated carbocycles. The third kappa shape index (κ3) is 3.51. The predicted molar refractivity (Wildman–Crippen MR) is 100 cm³/mol. The maximum Gasteiger partial charge on any atom is 0.451 e. The minimum atomic E-state index is -4.59. The molecule has 0 bridgehead atoms. The molecular formula is C19H16ClF3N4. The molecule has 4 nitrogen and oxygen atoms in total. The van der Waals surface area contributed by atoms with Crippen molar-refractivity contribution in [2.45, 2.75) is 6.18 Å². The van der Waals surface area contributed by atoms with Gasteiger partial charge >= 0.3 is 6.18 Å². The first-order valence-corrected chi connectivity index (χ1v) is 8.90. The van der Waals surface area contributed by atoms with E-state index in [4.69, 9.17) is 11.6 Å². The summed E-state index contributed by atoms with van der Waals surface area (Å²) in [6, 6.07) is 14.4. The van der Waals surface area contributed by atoms with Crippen LogP contribution in [-0.4, -0.2) is 36.1 Å². The monoisotopic (exact) mass is 392 g/mol. The average Bonchev–Trinajstić information content (AvgIpc) is 2.67. The maximum atomic E-state index is 13.2. The van der Waals surface area contributed by atoms with Gasteiger partial charge in [-0.1, -0.05) is 35.9 Å². The molecule has 0 N–H and O–H groups in total.